The topological polar surface area (TPSA) is 45.8 Å². The molecule has 0 spiro atoms. The van der Waals surface area contributed by atoms with E-state index < -0.39 is 0 Å². The fourth-order valence-corrected chi connectivity index (χ4v) is 3.54. The number of aromatic nitrogens is 2. The summed E-state index contributed by atoms with van der Waals surface area (Å²) < 4.78 is 14.7. The van der Waals surface area contributed by atoms with Crippen molar-refractivity contribution in [1.82, 2.24) is 9.97 Å². The van der Waals surface area contributed by atoms with Crippen molar-refractivity contribution in [2.45, 2.75) is 0 Å². The van der Waals surface area contributed by atoms with Crippen LogP contribution in [-0.2, 0) is 0 Å². The summed E-state index contributed by atoms with van der Waals surface area (Å²) in [6, 6.07) is 9.48. The number of halogens is 3. The number of rotatable bonds is 1. The molecule has 0 aliphatic carbocycles. The molecule has 2 aromatic carbocycles. The number of benzene rings is 2. The highest BCUT2D eigenvalue weighted by Gasteiger charge is 2.09. The SMILES string of the molecule is O=c1[nH]c(-c2ccc(F)cc2)nc2c(I)cc(Br)cc12. The molecular weight excluding hydrogens is 438 g/mol. The zero-order chi connectivity index (χ0) is 14.3. The second-order valence-corrected chi connectivity index (χ2v) is 6.28. The van der Waals surface area contributed by atoms with Gasteiger partial charge in [-0.25, -0.2) is 9.37 Å². The lowest BCUT2D eigenvalue weighted by molar-refractivity contribution is 0.628. The molecule has 0 atom stereocenters. The predicted octanol–water partition coefficient (Wildman–Crippen LogP) is 4.10. The fraction of sp³-hybridized carbons (Fsp3) is 0. The van der Waals surface area contributed by atoms with Crippen LogP contribution in [0.3, 0.4) is 0 Å². The van der Waals surface area contributed by atoms with Gasteiger partial charge in [-0.05, 0) is 59.0 Å². The molecule has 20 heavy (non-hydrogen) atoms. The van der Waals surface area contributed by atoms with Crippen molar-refractivity contribution in [1.29, 1.82) is 0 Å². The summed E-state index contributed by atoms with van der Waals surface area (Å²) >= 11 is 5.50. The first-order valence-electron chi connectivity index (χ1n) is 5.69. The van der Waals surface area contributed by atoms with Gasteiger partial charge in [-0.3, -0.25) is 4.79 Å². The fourth-order valence-electron chi connectivity index (χ4n) is 1.91. The summed E-state index contributed by atoms with van der Waals surface area (Å²) in [5, 5.41) is 0.523. The van der Waals surface area contributed by atoms with E-state index in [2.05, 4.69) is 48.5 Å². The summed E-state index contributed by atoms with van der Waals surface area (Å²) in [4.78, 5) is 19.3. The van der Waals surface area contributed by atoms with Crippen molar-refractivity contribution in [2.24, 2.45) is 0 Å². The van der Waals surface area contributed by atoms with Crippen molar-refractivity contribution in [3.63, 3.8) is 0 Å². The molecule has 0 amide bonds. The van der Waals surface area contributed by atoms with Crippen LogP contribution in [0.25, 0.3) is 22.3 Å². The lowest BCUT2D eigenvalue weighted by atomic mass is 10.2. The first kappa shape index (κ1) is 13.7. The first-order valence-corrected chi connectivity index (χ1v) is 7.57. The van der Waals surface area contributed by atoms with Crippen LogP contribution >= 0.6 is 38.5 Å². The second kappa shape index (κ2) is 5.25. The standard InChI is InChI=1S/C14H7BrFIN2O/c15-8-5-10-12(11(17)6-8)18-13(19-14(10)20)7-1-3-9(16)4-2-7/h1-6H,(H,18,19,20). The van der Waals surface area contributed by atoms with Gasteiger partial charge in [0.25, 0.3) is 5.56 Å². The molecule has 0 radical (unpaired) electrons. The van der Waals surface area contributed by atoms with Gasteiger partial charge < -0.3 is 4.98 Å². The van der Waals surface area contributed by atoms with Crippen molar-refractivity contribution in [3.05, 3.63) is 60.6 Å². The molecular formula is C14H7BrFIN2O. The Morgan fingerprint density at radius 2 is 1.90 bits per heavy atom. The van der Waals surface area contributed by atoms with E-state index in [0.717, 1.165) is 8.04 Å². The number of hydrogen-bond donors (Lipinski definition) is 1. The minimum absolute atomic E-state index is 0.214. The molecule has 3 rings (SSSR count). The number of aromatic amines is 1. The Balaban J connectivity index is 2.29. The van der Waals surface area contributed by atoms with E-state index in [0.29, 0.717) is 22.3 Å². The molecule has 0 bridgehead atoms. The highest BCUT2D eigenvalue weighted by atomic mass is 127. The third kappa shape index (κ3) is 2.49. The Hall–Kier alpha value is -1.28. The minimum atomic E-state index is -0.324. The molecule has 1 heterocycles. The zero-order valence-corrected chi connectivity index (χ0v) is 13.7. The van der Waals surface area contributed by atoms with Crippen LogP contribution in [0.2, 0.25) is 0 Å². The molecule has 0 unspecified atom stereocenters. The Morgan fingerprint density at radius 3 is 2.60 bits per heavy atom. The summed E-state index contributed by atoms with van der Waals surface area (Å²) in [5.74, 6) is 0.109. The Labute approximate surface area is 135 Å². The number of nitrogens with one attached hydrogen (secondary N) is 1. The molecule has 1 N–H and O–H groups in total. The summed E-state index contributed by atoms with van der Waals surface area (Å²) in [6.45, 7) is 0. The average Bonchev–Trinajstić information content (AvgIpc) is 2.40. The molecule has 0 saturated carbocycles. The molecule has 3 aromatic rings. The van der Waals surface area contributed by atoms with E-state index in [1.165, 1.54) is 12.1 Å². The van der Waals surface area contributed by atoms with Gasteiger partial charge in [-0.2, -0.15) is 0 Å². The highest BCUT2D eigenvalue weighted by Crippen LogP contribution is 2.24. The van der Waals surface area contributed by atoms with Crippen LogP contribution in [0.5, 0.6) is 0 Å². The van der Waals surface area contributed by atoms with Gasteiger partial charge in [0.1, 0.15) is 11.6 Å². The van der Waals surface area contributed by atoms with E-state index in [-0.39, 0.29) is 11.4 Å². The number of nitrogens with zero attached hydrogens (tertiary/aromatic N) is 1. The molecule has 6 heteroatoms. The van der Waals surface area contributed by atoms with E-state index in [4.69, 9.17) is 0 Å². The lowest BCUT2D eigenvalue weighted by Crippen LogP contribution is -2.10. The first-order chi connectivity index (χ1) is 9.54. The van der Waals surface area contributed by atoms with Gasteiger partial charge in [0.2, 0.25) is 0 Å². The lowest BCUT2D eigenvalue weighted by Gasteiger charge is -2.05. The quantitative estimate of drug-likeness (QED) is 0.574. The zero-order valence-electron chi connectivity index (χ0n) is 9.95. The van der Waals surface area contributed by atoms with Crippen LogP contribution in [0, 0.1) is 9.39 Å². The Bertz CT molecular complexity index is 861. The maximum absolute atomic E-state index is 12.9. The molecule has 1 aromatic heterocycles. The van der Waals surface area contributed by atoms with Gasteiger partial charge in [0.15, 0.2) is 0 Å². The van der Waals surface area contributed by atoms with E-state index in [1.54, 1.807) is 18.2 Å². The summed E-state index contributed by atoms with van der Waals surface area (Å²) in [5.41, 5.74) is 1.09. The van der Waals surface area contributed by atoms with Crippen molar-refractivity contribution >= 4 is 49.4 Å². The number of fused-ring (bicyclic) bond motifs is 1. The molecule has 3 nitrogen and oxygen atoms in total. The van der Waals surface area contributed by atoms with Crippen LogP contribution in [0.4, 0.5) is 4.39 Å². The van der Waals surface area contributed by atoms with Gasteiger partial charge in [0.05, 0.1) is 10.9 Å². The molecule has 0 aliphatic rings. The van der Waals surface area contributed by atoms with E-state index in [9.17, 15) is 9.18 Å². The van der Waals surface area contributed by atoms with Crippen molar-refractivity contribution in [3.8, 4) is 11.4 Å². The van der Waals surface area contributed by atoms with Gasteiger partial charge in [-0.15, -0.1) is 0 Å². The van der Waals surface area contributed by atoms with E-state index in [1.807, 2.05) is 6.07 Å². The molecule has 0 saturated heterocycles. The average molecular weight is 445 g/mol. The summed E-state index contributed by atoms with van der Waals surface area (Å²) in [7, 11) is 0. The third-order valence-electron chi connectivity index (χ3n) is 2.85. The monoisotopic (exact) mass is 444 g/mol. The Morgan fingerprint density at radius 1 is 1.20 bits per heavy atom. The van der Waals surface area contributed by atoms with Crippen molar-refractivity contribution in [2.75, 3.05) is 0 Å². The van der Waals surface area contributed by atoms with E-state index >= 15 is 0 Å². The minimum Gasteiger partial charge on any atom is -0.306 e. The predicted molar refractivity (Wildman–Crippen MR) is 88.2 cm³/mol. The van der Waals surface area contributed by atoms with Gasteiger partial charge >= 0.3 is 0 Å². The van der Waals surface area contributed by atoms with Crippen LogP contribution in [0.1, 0.15) is 0 Å². The van der Waals surface area contributed by atoms with Crippen LogP contribution in [-0.4, -0.2) is 9.97 Å². The smallest absolute Gasteiger partial charge is 0.259 e. The normalized spacial score (nSPS) is 10.9. The van der Waals surface area contributed by atoms with Crippen molar-refractivity contribution < 1.29 is 4.39 Å². The number of H-pyrrole nitrogens is 1. The van der Waals surface area contributed by atoms with Gasteiger partial charge in [0, 0.05) is 13.6 Å². The largest absolute Gasteiger partial charge is 0.306 e. The maximum Gasteiger partial charge on any atom is 0.259 e. The molecule has 100 valence electrons. The third-order valence-corrected chi connectivity index (χ3v) is 4.13. The second-order valence-electron chi connectivity index (χ2n) is 4.21. The van der Waals surface area contributed by atoms with Crippen LogP contribution in [0.15, 0.2) is 45.7 Å². The van der Waals surface area contributed by atoms with Crippen LogP contribution < -0.4 is 5.56 Å². The highest BCUT2D eigenvalue weighted by molar-refractivity contribution is 14.1. The number of hydrogen-bond acceptors (Lipinski definition) is 2. The molecule has 0 aliphatic heterocycles. The molecule has 0 fully saturated rings. The van der Waals surface area contributed by atoms with Gasteiger partial charge in [-0.1, -0.05) is 15.9 Å². The maximum atomic E-state index is 12.9. The Kier molecular flexibility index (Phi) is 3.59. The summed E-state index contributed by atoms with van der Waals surface area (Å²) in [6.07, 6.45) is 0.